The van der Waals surface area contributed by atoms with Crippen molar-refractivity contribution in [2.24, 2.45) is 0 Å². The van der Waals surface area contributed by atoms with Gasteiger partial charge in [0.2, 0.25) is 0 Å². The van der Waals surface area contributed by atoms with Crippen molar-refractivity contribution in [1.29, 1.82) is 0 Å². The summed E-state index contributed by atoms with van der Waals surface area (Å²) in [5.41, 5.74) is 4.48. The molecule has 3 heteroatoms. The molecule has 0 aliphatic rings. The van der Waals surface area contributed by atoms with Gasteiger partial charge in [0, 0.05) is 23.5 Å². The lowest BCUT2D eigenvalue weighted by atomic mass is 9.94. The van der Waals surface area contributed by atoms with Crippen molar-refractivity contribution in [3.05, 3.63) is 67.0 Å². The van der Waals surface area contributed by atoms with Gasteiger partial charge in [-0.1, -0.05) is 60.1 Å². The van der Waals surface area contributed by atoms with Crippen LogP contribution in [0, 0.1) is 0 Å². The van der Waals surface area contributed by atoms with E-state index in [0.29, 0.717) is 0 Å². The van der Waals surface area contributed by atoms with Crippen LogP contribution in [0.2, 0.25) is 0 Å². The van der Waals surface area contributed by atoms with Gasteiger partial charge in [-0.2, -0.15) is 0 Å². The van der Waals surface area contributed by atoms with Crippen LogP contribution in [-0.2, 0) is 0 Å². The van der Waals surface area contributed by atoms with Crippen LogP contribution in [-0.4, -0.2) is 17.8 Å². The van der Waals surface area contributed by atoms with E-state index in [4.69, 9.17) is 0 Å². The molecule has 2 nitrogen and oxygen atoms in total. The van der Waals surface area contributed by atoms with Gasteiger partial charge in [-0.15, -0.1) is 0 Å². The topological polar surface area (TPSA) is 25.8 Å². The molecule has 0 aliphatic heterocycles. The summed E-state index contributed by atoms with van der Waals surface area (Å²) in [6.45, 7) is 0. The summed E-state index contributed by atoms with van der Waals surface area (Å²) in [5.74, 6) is 0.761. The molecule has 1 aromatic heterocycles. The van der Waals surface area contributed by atoms with Crippen molar-refractivity contribution in [3.63, 3.8) is 0 Å². The molecule has 0 spiro atoms. The first kappa shape index (κ1) is 11.7. The maximum Gasteiger partial charge on any atom is 0.159 e. The molecule has 0 radical (unpaired) electrons. The Labute approximate surface area is 113 Å². The second kappa shape index (κ2) is 5.06. The molecular weight excluding hydrogens is 231 g/mol. The lowest BCUT2D eigenvalue weighted by Crippen LogP contribution is -1.99. The fourth-order valence-electron chi connectivity index (χ4n) is 1.96. The molecule has 0 atom stereocenters. The molecule has 3 aromatic rings. The van der Waals surface area contributed by atoms with Crippen LogP contribution in [0.3, 0.4) is 0 Å². The van der Waals surface area contributed by atoms with Crippen LogP contribution in [0.25, 0.3) is 22.5 Å². The normalized spacial score (nSPS) is 10.3. The van der Waals surface area contributed by atoms with Gasteiger partial charge in [-0.05, 0) is 5.56 Å². The third-order valence-corrected chi connectivity index (χ3v) is 3.07. The van der Waals surface area contributed by atoms with Gasteiger partial charge in [-0.3, -0.25) is 0 Å². The molecule has 0 fully saturated rings. The third kappa shape index (κ3) is 2.55. The fraction of sp³-hybridized carbons (Fsp3) is 0. The number of aromatic nitrogens is 2. The van der Waals surface area contributed by atoms with Crippen LogP contribution >= 0.6 is 0 Å². The third-order valence-electron chi connectivity index (χ3n) is 3.07. The van der Waals surface area contributed by atoms with Crippen LogP contribution < -0.4 is 5.46 Å². The molecule has 0 unspecified atom stereocenters. The Morgan fingerprint density at radius 3 is 1.89 bits per heavy atom. The van der Waals surface area contributed by atoms with E-state index in [-0.39, 0.29) is 0 Å². The van der Waals surface area contributed by atoms with E-state index >= 15 is 0 Å². The van der Waals surface area contributed by atoms with E-state index in [0.717, 1.165) is 22.5 Å². The predicted octanol–water partition coefficient (Wildman–Crippen LogP) is 2.07. The molecule has 19 heavy (non-hydrogen) atoms. The van der Waals surface area contributed by atoms with Crippen molar-refractivity contribution < 1.29 is 0 Å². The predicted molar refractivity (Wildman–Crippen MR) is 81.1 cm³/mol. The zero-order chi connectivity index (χ0) is 13.1. The molecule has 1 heterocycles. The van der Waals surface area contributed by atoms with Gasteiger partial charge in [0.15, 0.2) is 5.82 Å². The molecule has 3 rings (SSSR count). The van der Waals surface area contributed by atoms with Gasteiger partial charge in [0.05, 0.1) is 0 Å². The maximum atomic E-state index is 4.44. The summed E-state index contributed by atoms with van der Waals surface area (Å²) in [4.78, 5) is 8.87. The second-order valence-electron chi connectivity index (χ2n) is 4.53. The highest BCUT2D eigenvalue weighted by molar-refractivity contribution is 6.32. The van der Waals surface area contributed by atoms with Gasteiger partial charge >= 0.3 is 0 Å². The first-order valence-electron chi connectivity index (χ1n) is 6.27. The Morgan fingerprint density at radius 1 is 0.632 bits per heavy atom. The standard InChI is InChI=1S/C16H13BN2/c17-15-8-6-12(7-9-15)14-10-18-16(19-11-14)13-4-2-1-3-5-13/h1-11H,17H2. The van der Waals surface area contributed by atoms with E-state index in [1.807, 2.05) is 42.7 Å². The maximum absolute atomic E-state index is 4.44. The Balaban J connectivity index is 1.93. The molecular formula is C16H13BN2. The minimum atomic E-state index is 0.761. The number of hydrogen-bond donors (Lipinski definition) is 0. The summed E-state index contributed by atoms with van der Waals surface area (Å²) in [6, 6.07) is 18.4. The lowest BCUT2D eigenvalue weighted by Gasteiger charge is -2.03. The van der Waals surface area contributed by atoms with E-state index in [2.05, 4.69) is 42.1 Å². The van der Waals surface area contributed by atoms with Gasteiger partial charge < -0.3 is 0 Å². The van der Waals surface area contributed by atoms with Crippen molar-refractivity contribution in [1.82, 2.24) is 9.97 Å². The smallest absolute Gasteiger partial charge is 0.159 e. The molecule has 0 bridgehead atoms. The molecule has 90 valence electrons. The van der Waals surface area contributed by atoms with E-state index in [9.17, 15) is 0 Å². The first-order chi connectivity index (χ1) is 9.33. The molecule has 0 N–H and O–H groups in total. The quantitative estimate of drug-likeness (QED) is 0.645. The van der Waals surface area contributed by atoms with Crippen molar-refractivity contribution in [2.75, 3.05) is 0 Å². The van der Waals surface area contributed by atoms with Crippen LogP contribution in [0.5, 0.6) is 0 Å². The number of rotatable bonds is 2. The lowest BCUT2D eigenvalue weighted by molar-refractivity contribution is 1.18. The molecule has 0 amide bonds. The van der Waals surface area contributed by atoms with E-state index in [1.165, 1.54) is 5.46 Å². The minimum Gasteiger partial charge on any atom is -0.236 e. The van der Waals surface area contributed by atoms with Crippen molar-refractivity contribution in [2.45, 2.75) is 0 Å². The highest BCUT2D eigenvalue weighted by Gasteiger charge is 2.02. The van der Waals surface area contributed by atoms with Gasteiger partial charge in [0.25, 0.3) is 0 Å². The Hall–Kier alpha value is -2.42. The number of benzene rings is 2. The largest absolute Gasteiger partial charge is 0.236 e. The zero-order valence-corrected chi connectivity index (χ0v) is 10.7. The highest BCUT2D eigenvalue weighted by atomic mass is 14.9. The summed E-state index contributed by atoms with van der Waals surface area (Å²) in [5, 5.41) is 0. The summed E-state index contributed by atoms with van der Waals surface area (Å²) in [7, 11) is 2.08. The van der Waals surface area contributed by atoms with Gasteiger partial charge in [0.1, 0.15) is 7.85 Å². The SMILES string of the molecule is Bc1ccc(-c2cnc(-c3ccccc3)nc2)cc1. The summed E-state index contributed by atoms with van der Waals surface area (Å²) >= 11 is 0. The van der Waals surface area contributed by atoms with Crippen LogP contribution in [0.1, 0.15) is 0 Å². The summed E-state index contributed by atoms with van der Waals surface area (Å²) in [6.07, 6.45) is 3.75. The summed E-state index contributed by atoms with van der Waals surface area (Å²) < 4.78 is 0. The van der Waals surface area contributed by atoms with E-state index in [1.54, 1.807) is 0 Å². The van der Waals surface area contributed by atoms with Crippen LogP contribution in [0.15, 0.2) is 67.0 Å². The average molecular weight is 244 g/mol. The van der Waals surface area contributed by atoms with Crippen molar-refractivity contribution in [3.8, 4) is 22.5 Å². The number of nitrogens with zero attached hydrogens (tertiary/aromatic N) is 2. The van der Waals surface area contributed by atoms with Crippen LogP contribution in [0.4, 0.5) is 0 Å². The minimum absolute atomic E-state index is 0.761. The molecule has 0 saturated carbocycles. The Bertz CT molecular complexity index is 661. The monoisotopic (exact) mass is 244 g/mol. The molecule has 2 aromatic carbocycles. The number of hydrogen-bond acceptors (Lipinski definition) is 2. The fourth-order valence-corrected chi connectivity index (χ4v) is 1.96. The first-order valence-corrected chi connectivity index (χ1v) is 6.27. The Morgan fingerprint density at radius 2 is 1.26 bits per heavy atom. The molecule has 0 saturated heterocycles. The second-order valence-corrected chi connectivity index (χ2v) is 4.53. The van der Waals surface area contributed by atoms with E-state index < -0.39 is 0 Å². The molecule has 0 aliphatic carbocycles. The Kier molecular flexibility index (Phi) is 3.11. The van der Waals surface area contributed by atoms with Crippen molar-refractivity contribution >= 4 is 13.3 Å². The zero-order valence-electron chi connectivity index (χ0n) is 10.7. The van der Waals surface area contributed by atoms with Gasteiger partial charge in [-0.25, -0.2) is 9.97 Å². The highest BCUT2D eigenvalue weighted by Crippen LogP contribution is 2.19. The average Bonchev–Trinajstić information content (AvgIpc) is 2.49.